The summed E-state index contributed by atoms with van der Waals surface area (Å²) in [7, 11) is 0. The van der Waals surface area contributed by atoms with Gasteiger partial charge in [0.1, 0.15) is 6.61 Å². The van der Waals surface area contributed by atoms with Gasteiger partial charge in [-0.05, 0) is 25.8 Å². The maximum Gasteiger partial charge on any atom is 0.157 e. The van der Waals surface area contributed by atoms with Gasteiger partial charge < -0.3 is 10.1 Å². The highest BCUT2D eigenvalue weighted by molar-refractivity contribution is 5.11. The lowest BCUT2D eigenvalue weighted by Crippen LogP contribution is -2.22. The minimum Gasteiger partial charge on any atom is -0.489 e. The number of aryl methyl sites for hydroxylation is 1. The number of aromatic nitrogens is 2. The van der Waals surface area contributed by atoms with Crippen LogP contribution in [0.4, 0.5) is 0 Å². The summed E-state index contributed by atoms with van der Waals surface area (Å²) in [6.45, 7) is 10.1. The number of rotatable bonds is 8. The maximum atomic E-state index is 5.55. The van der Waals surface area contributed by atoms with Gasteiger partial charge in [-0.2, -0.15) is 5.10 Å². The van der Waals surface area contributed by atoms with Gasteiger partial charge >= 0.3 is 0 Å². The van der Waals surface area contributed by atoms with Crippen LogP contribution in [0, 0.1) is 5.92 Å². The summed E-state index contributed by atoms with van der Waals surface area (Å²) >= 11 is 0. The van der Waals surface area contributed by atoms with Crippen LogP contribution in [-0.4, -0.2) is 29.5 Å². The van der Waals surface area contributed by atoms with Crippen LogP contribution in [0.25, 0.3) is 0 Å². The van der Waals surface area contributed by atoms with Gasteiger partial charge in [-0.1, -0.05) is 13.8 Å². The summed E-state index contributed by atoms with van der Waals surface area (Å²) < 4.78 is 7.41. The molecule has 0 atom stereocenters. The van der Waals surface area contributed by atoms with E-state index in [4.69, 9.17) is 4.74 Å². The molecule has 1 aromatic rings. The maximum absolute atomic E-state index is 5.55. The van der Waals surface area contributed by atoms with E-state index in [1.165, 1.54) is 6.42 Å². The third-order valence-electron chi connectivity index (χ3n) is 2.38. The van der Waals surface area contributed by atoms with Crippen LogP contribution >= 0.6 is 0 Å². The quantitative estimate of drug-likeness (QED) is 0.687. The Morgan fingerprint density at radius 1 is 1.44 bits per heavy atom. The number of hydrogen-bond donors (Lipinski definition) is 1. The lowest BCUT2D eigenvalue weighted by Gasteiger charge is -2.07. The van der Waals surface area contributed by atoms with Gasteiger partial charge in [0.05, 0.1) is 12.4 Å². The Morgan fingerprint density at radius 3 is 2.88 bits per heavy atom. The van der Waals surface area contributed by atoms with Crippen molar-refractivity contribution >= 4 is 0 Å². The standard InChI is InChI=1S/C12H23N3O/c1-4-15-10-12(9-14-15)16-8-7-13-6-5-11(2)3/h9-11,13H,4-8H2,1-3H3. The first-order valence-corrected chi connectivity index (χ1v) is 6.08. The van der Waals surface area contributed by atoms with Crippen molar-refractivity contribution in [1.82, 2.24) is 15.1 Å². The molecule has 4 heteroatoms. The van der Waals surface area contributed by atoms with Gasteiger partial charge in [0.25, 0.3) is 0 Å². The van der Waals surface area contributed by atoms with Gasteiger partial charge in [0.15, 0.2) is 5.75 Å². The Bertz CT molecular complexity index is 284. The van der Waals surface area contributed by atoms with Crippen molar-refractivity contribution < 1.29 is 4.74 Å². The molecule has 0 spiro atoms. The van der Waals surface area contributed by atoms with Gasteiger partial charge in [-0.3, -0.25) is 4.68 Å². The predicted octanol–water partition coefficient (Wildman–Crippen LogP) is 1.92. The zero-order chi connectivity index (χ0) is 11.8. The summed E-state index contributed by atoms with van der Waals surface area (Å²) in [4.78, 5) is 0. The molecule has 1 aromatic heterocycles. The number of nitrogens with zero attached hydrogens (tertiary/aromatic N) is 2. The molecule has 0 saturated carbocycles. The Kier molecular flexibility index (Phi) is 5.93. The van der Waals surface area contributed by atoms with Crippen molar-refractivity contribution in [2.75, 3.05) is 19.7 Å². The smallest absolute Gasteiger partial charge is 0.157 e. The van der Waals surface area contributed by atoms with Crippen molar-refractivity contribution in [3.8, 4) is 5.75 Å². The predicted molar refractivity (Wildman–Crippen MR) is 65.7 cm³/mol. The average molecular weight is 225 g/mol. The zero-order valence-electron chi connectivity index (χ0n) is 10.6. The van der Waals surface area contributed by atoms with E-state index < -0.39 is 0 Å². The molecule has 0 aromatic carbocycles. The van der Waals surface area contributed by atoms with Crippen molar-refractivity contribution in [1.29, 1.82) is 0 Å². The number of ether oxygens (including phenoxy) is 1. The highest BCUT2D eigenvalue weighted by Crippen LogP contribution is 2.07. The first-order valence-electron chi connectivity index (χ1n) is 6.08. The fourth-order valence-electron chi connectivity index (χ4n) is 1.35. The summed E-state index contributed by atoms with van der Waals surface area (Å²) in [5, 5.41) is 7.50. The molecule has 0 aliphatic rings. The third-order valence-corrected chi connectivity index (χ3v) is 2.38. The van der Waals surface area contributed by atoms with Crippen LogP contribution in [0.5, 0.6) is 5.75 Å². The van der Waals surface area contributed by atoms with E-state index in [0.717, 1.165) is 31.3 Å². The summed E-state index contributed by atoms with van der Waals surface area (Å²) in [5.41, 5.74) is 0. The van der Waals surface area contributed by atoms with Crippen molar-refractivity contribution in [3.05, 3.63) is 12.4 Å². The summed E-state index contributed by atoms with van der Waals surface area (Å²) in [5.74, 6) is 1.61. The van der Waals surface area contributed by atoms with Crippen LogP contribution in [0.1, 0.15) is 27.2 Å². The summed E-state index contributed by atoms with van der Waals surface area (Å²) in [6, 6.07) is 0. The Morgan fingerprint density at radius 2 is 2.25 bits per heavy atom. The molecule has 0 bridgehead atoms. The van der Waals surface area contributed by atoms with E-state index in [9.17, 15) is 0 Å². The molecule has 0 radical (unpaired) electrons. The second-order valence-electron chi connectivity index (χ2n) is 4.31. The topological polar surface area (TPSA) is 39.1 Å². The van der Waals surface area contributed by atoms with Crippen LogP contribution in [0.3, 0.4) is 0 Å². The molecule has 0 aliphatic carbocycles. The lowest BCUT2D eigenvalue weighted by molar-refractivity contribution is 0.312. The van der Waals surface area contributed by atoms with Crippen molar-refractivity contribution in [2.45, 2.75) is 33.7 Å². The molecule has 1 rings (SSSR count). The molecule has 0 aliphatic heterocycles. The summed E-state index contributed by atoms with van der Waals surface area (Å²) in [6.07, 6.45) is 4.90. The highest BCUT2D eigenvalue weighted by Gasteiger charge is 1.97. The first kappa shape index (κ1) is 13.0. The van der Waals surface area contributed by atoms with Crippen LogP contribution in [-0.2, 0) is 6.54 Å². The molecule has 0 amide bonds. The Hall–Kier alpha value is -1.03. The molecule has 16 heavy (non-hydrogen) atoms. The second kappa shape index (κ2) is 7.28. The van der Waals surface area contributed by atoms with E-state index in [-0.39, 0.29) is 0 Å². The second-order valence-corrected chi connectivity index (χ2v) is 4.31. The third kappa shape index (κ3) is 5.16. The molecule has 1 heterocycles. The van der Waals surface area contributed by atoms with Gasteiger partial charge in [0, 0.05) is 13.1 Å². The average Bonchev–Trinajstić information content (AvgIpc) is 2.70. The van der Waals surface area contributed by atoms with Crippen LogP contribution in [0.2, 0.25) is 0 Å². The SMILES string of the molecule is CCn1cc(OCCNCCC(C)C)cn1. The fraction of sp³-hybridized carbons (Fsp3) is 0.750. The Balaban J connectivity index is 2.02. The highest BCUT2D eigenvalue weighted by atomic mass is 16.5. The molecule has 0 fully saturated rings. The lowest BCUT2D eigenvalue weighted by atomic mass is 10.1. The minimum absolute atomic E-state index is 0.702. The number of nitrogens with one attached hydrogen (secondary N) is 1. The first-order chi connectivity index (χ1) is 7.72. The van der Waals surface area contributed by atoms with E-state index in [1.54, 1.807) is 6.20 Å². The van der Waals surface area contributed by atoms with Crippen molar-refractivity contribution in [3.63, 3.8) is 0 Å². The van der Waals surface area contributed by atoms with Crippen molar-refractivity contribution in [2.24, 2.45) is 5.92 Å². The molecular weight excluding hydrogens is 202 g/mol. The molecule has 92 valence electrons. The van der Waals surface area contributed by atoms with Crippen LogP contribution < -0.4 is 10.1 Å². The largest absolute Gasteiger partial charge is 0.489 e. The van der Waals surface area contributed by atoms with Gasteiger partial charge in [-0.15, -0.1) is 0 Å². The van der Waals surface area contributed by atoms with E-state index in [0.29, 0.717) is 6.61 Å². The van der Waals surface area contributed by atoms with Gasteiger partial charge in [-0.25, -0.2) is 0 Å². The van der Waals surface area contributed by atoms with E-state index >= 15 is 0 Å². The molecule has 1 N–H and O–H groups in total. The van der Waals surface area contributed by atoms with Crippen LogP contribution in [0.15, 0.2) is 12.4 Å². The zero-order valence-corrected chi connectivity index (χ0v) is 10.6. The molecular formula is C12H23N3O. The fourth-order valence-corrected chi connectivity index (χ4v) is 1.35. The van der Waals surface area contributed by atoms with E-state index in [1.807, 2.05) is 10.9 Å². The van der Waals surface area contributed by atoms with Gasteiger partial charge in [0.2, 0.25) is 0 Å². The molecule has 0 unspecified atom stereocenters. The molecule has 0 saturated heterocycles. The normalized spacial score (nSPS) is 11.0. The molecule has 4 nitrogen and oxygen atoms in total. The number of hydrogen-bond acceptors (Lipinski definition) is 3. The minimum atomic E-state index is 0.702. The van der Waals surface area contributed by atoms with E-state index in [2.05, 4.69) is 31.2 Å². The monoisotopic (exact) mass is 225 g/mol. The Labute approximate surface area is 98.0 Å².